The quantitative estimate of drug-likeness (QED) is 0.265. The van der Waals surface area contributed by atoms with Crippen molar-refractivity contribution in [3.63, 3.8) is 0 Å². The molecule has 0 atom stereocenters. The summed E-state index contributed by atoms with van der Waals surface area (Å²) in [5.41, 5.74) is 0.182. The first kappa shape index (κ1) is 19.1. The van der Waals surface area contributed by atoms with Gasteiger partial charge in [-0.25, -0.2) is 14.1 Å². The minimum absolute atomic E-state index is 0.0206. The van der Waals surface area contributed by atoms with Crippen LogP contribution in [0.15, 0.2) is 27.8 Å². The maximum absolute atomic E-state index is 13.2. The van der Waals surface area contributed by atoms with Gasteiger partial charge in [0.25, 0.3) is 0 Å². The van der Waals surface area contributed by atoms with Crippen LogP contribution >= 0.6 is 11.6 Å². The Balaban J connectivity index is 2.15. The molecule has 0 fully saturated rings. The molecule has 1 aromatic heterocycles. The third-order valence-electron chi connectivity index (χ3n) is 3.07. The van der Waals surface area contributed by atoms with E-state index in [4.69, 9.17) is 22.3 Å². The Kier molecular flexibility index (Phi) is 6.42. The number of benzene rings is 1. The number of aromatic nitrogens is 2. The van der Waals surface area contributed by atoms with Gasteiger partial charge in [0.2, 0.25) is 12.2 Å². The zero-order valence-corrected chi connectivity index (χ0v) is 14.2. The summed E-state index contributed by atoms with van der Waals surface area (Å²) in [6, 6.07) is 3.45. The summed E-state index contributed by atoms with van der Waals surface area (Å²) in [5.74, 6) is -0.911. The van der Waals surface area contributed by atoms with Gasteiger partial charge >= 0.3 is 0 Å². The maximum Gasteiger partial charge on any atom is 0.209 e. The molecule has 1 heterocycles. The Morgan fingerprint density at radius 2 is 2.27 bits per heavy atom. The van der Waals surface area contributed by atoms with Crippen molar-refractivity contribution in [1.29, 1.82) is 10.7 Å². The lowest BCUT2D eigenvalue weighted by Gasteiger charge is -2.17. The Morgan fingerprint density at radius 1 is 1.50 bits per heavy atom. The lowest BCUT2D eigenvalue weighted by atomic mass is 10.2. The summed E-state index contributed by atoms with van der Waals surface area (Å²) in [6.07, 6.45) is 1.64. The van der Waals surface area contributed by atoms with Crippen molar-refractivity contribution in [2.45, 2.75) is 13.5 Å². The number of guanidine groups is 1. The molecular weight excluding hydrogens is 367 g/mol. The van der Waals surface area contributed by atoms with E-state index in [1.54, 1.807) is 6.19 Å². The molecule has 0 amide bonds. The number of aliphatic imine (C=N–C) groups is 1. The van der Waals surface area contributed by atoms with Gasteiger partial charge in [-0.2, -0.15) is 5.26 Å². The van der Waals surface area contributed by atoms with Gasteiger partial charge in [-0.1, -0.05) is 16.8 Å². The van der Waals surface area contributed by atoms with Gasteiger partial charge < -0.3 is 10.6 Å². The number of amidine groups is 1. The first-order chi connectivity index (χ1) is 12.5. The van der Waals surface area contributed by atoms with Crippen LogP contribution in [-0.4, -0.2) is 33.9 Å². The summed E-state index contributed by atoms with van der Waals surface area (Å²) in [5, 5.41) is 40.0. The van der Waals surface area contributed by atoms with Crippen molar-refractivity contribution in [3.05, 3.63) is 40.4 Å². The molecule has 0 radical (unpaired) electrons. The van der Waals surface area contributed by atoms with E-state index in [0.717, 1.165) is 12.1 Å². The first-order valence-electron chi connectivity index (χ1n) is 7.26. The molecule has 136 valence electrons. The van der Waals surface area contributed by atoms with Gasteiger partial charge in [-0.3, -0.25) is 10.6 Å². The summed E-state index contributed by atoms with van der Waals surface area (Å²) in [6.45, 7) is 2.38. The van der Waals surface area contributed by atoms with E-state index < -0.39 is 11.7 Å². The van der Waals surface area contributed by atoms with Gasteiger partial charge in [0.1, 0.15) is 11.5 Å². The zero-order valence-electron chi connectivity index (χ0n) is 13.5. The van der Waals surface area contributed by atoms with Crippen LogP contribution in [0.1, 0.15) is 18.3 Å². The van der Waals surface area contributed by atoms with Gasteiger partial charge in [0.15, 0.2) is 11.5 Å². The van der Waals surface area contributed by atoms with Crippen molar-refractivity contribution in [3.8, 4) is 6.19 Å². The predicted octanol–water partition coefficient (Wildman–Crippen LogP) is 1.62. The molecule has 0 aliphatic carbocycles. The molecule has 0 spiro atoms. The van der Waals surface area contributed by atoms with Crippen LogP contribution < -0.4 is 15.7 Å². The van der Waals surface area contributed by atoms with Crippen LogP contribution in [0.4, 0.5) is 10.1 Å². The van der Waals surface area contributed by atoms with Gasteiger partial charge in [0, 0.05) is 6.54 Å². The molecule has 0 saturated carbocycles. The van der Waals surface area contributed by atoms with Gasteiger partial charge in [0.05, 0.1) is 17.3 Å². The van der Waals surface area contributed by atoms with E-state index >= 15 is 0 Å². The van der Waals surface area contributed by atoms with E-state index in [2.05, 4.69) is 30.6 Å². The number of hydrogen-bond acceptors (Lipinski definition) is 7. The first-order valence-corrected chi connectivity index (χ1v) is 7.64. The largest absolute Gasteiger partial charge is 0.356 e. The molecule has 26 heavy (non-hydrogen) atoms. The smallest absolute Gasteiger partial charge is 0.209 e. The fraction of sp³-hybridized carbons (Fsp3) is 0.214. The zero-order chi connectivity index (χ0) is 19.1. The highest BCUT2D eigenvalue weighted by atomic mass is 35.5. The molecule has 0 aliphatic heterocycles. The van der Waals surface area contributed by atoms with Crippen LogP contribution in [0.5, 0.6) is 0 Å². The molecule has 4 N–H and O–H groups in total. The number of rotatable bonds is 5. The SMILES string of the molecule is CCN/C(=N\C#N)NCc1nonc1C(=N)N(O)c1ccc(F)c(Cl)c1. The fourth-order valence-electron chi connectivity index (χ4n) is 1.87. The topological polar surface area (TPSA) is 146 Å². The molecule has 0 unspecified atom stereocenters. The number of nitriles is 1. The third-order valence-corrected chi connectivity index (χ3v) is 3.36. The molecule has 0 saturated heterocycles. The standard InChI is InChI=1S/C14H14ClFN8O2/c1-2-19-14(21-7-17)20-6-11-12(23-26-22-11)13(18)24(25)8-3-4-10(16)9(15)5-8/h3-5,18,25H,2,6H2,1H3,(H2,19,20,21). The monoisotopic (exact) mass is 380 g/mol. The number of halogens is 2. The van der Waals surface area contributed by atoms with Crippen LogP contribution in [0.2, 0.25) is 5.02 Å². The van der Waals surface area contributed by atoms with E-state index in [1.165, 1.54) is 6.07 Å². The highest BCUT2D eigenvalue weighted by Crippen LogP contribution is 2.23. The van der Waals surface area contributed by atoms with E-state index in [9.17, 15) is 9.60 Å². The molecule has 12 heteroatoms. The Bertz CT molecular complexity index is 863. The van der Waals surface area contributed by atoms with Crippen LogP contribution in [-0.2, 0) is 6.54 Å². The van der Waals surface area contributed by atoms with Gasteiger partial charge in [-0.15, -0.1) is 4.99 Å². The fourth-order valence-corrected chi connectivity index (χ4v) is 2.05. The predicted molar refractivity (Wildman–Crippen MR) is 90.4 cm³/mol. The average Bonchev–Trinajstić information content (AvgIpc) is 3.09. The highest BCUT2D eigenvalue weighted by Gasteiger charge is 2.21. The van der Waals surface area contributed by atoms with E-state index in [0.29, 0.717) is 11.6 Å². The number of nitrogens with zero attached hydrogens (tertiary/aromatic N) is 5. The second-order valence-electron chi connectivity index (χ2n) is 4.76. The second kappa shape index (κ2) is 8.75. The van der Waals surface area contributed by atoms with Crippen molar-refractivity contribution in [1.82, 2.24) is 20.9 Å². The van der Waals surface area contributed by atoms with E-state index in [1.807, 2.05) is 6.92 Å². The summed E-state index contributed by atoms with van der Waals surface area (Å²) in [4.78, 5) is 3.55. The molecule has 0 bridgehead atoms. The van der Waals surface area contributed by atoms with Crippen molar-refractivity contribution >= 4 is 29.1 Å². The molecular formula is C14H14ClFN8O2. The summed E-state index contributed by atoms with van der Waals surface area (Å²) >= 11 is 5.68. The number of hydrogen-bond donors (Lipinski definition) is 4. The molecule has 2 aromatic rings. The second-order valence-corrected chi connectivity index (χ2v) is 5.17. The van der Waals surface area contributed by atoms with Crippen molar-refractivity contribution in [2.75, 3.05) is 11.6 Å². The van der Waals surface area contributed by atoms with Crippen LogP contribution in [0.25, 0.3) is 0 Å². The number of anilines is 1. The molecule has 10 nitrogen and oxygen atoms in total. The number of nitrogens with one attached hydrogen (secondary N) is 3. The van der Waals surface area contributed by atoms with Crippen molar-refractivity contribution < 1.29 is 14.2 Å². The number of hydroxylamine groups is 1. The maximum atomic E-state index is 13.2. The van der Waals surface area contributed by atoms with E-state index in [-0.39, 0.29) is 34.6 Å². The minimum atomic E-state index is -0.656. The highest BCUT2D eigenvalue weighted by molar-refractivity contribution is 6.31. The van der Waals surface area contributed by atoms with Crippen molar-refractivity contribution in [2.24, 2.45) is 4.99 Å². The Hall–Kier alpha value is -3.23. The summed E-state index contributed by atoms with van der Waals surface area (Å²) < 4.78 is 17.8. The Labute approximate surface area is 152 Å². The molecule has 1 aromatic carbocycles. The van der Waals surface area contributed by atoms with Crippen LogP contribution in [0.3, 0.4) is 0 Å². The molecule has 2 rings (SSSR count). The molecule has 0 aliphatic rings. The minimum Gasteiger partial charge on any atom is -0.356 e. The average molecular weight is 381 g/mol. The lowest BCUT2D eigenvalue weighted by Crippen LogP contribution is -2.37. The third kappa shape index (κ3) is 4.44. The van der Waals surface area contributed by atoms with Gasteiger partial charge in [-0.05, 0) is 30.3 Å². The van der Waals surface area contributed by atoms with Crippen LogP contribution in [0, 0.1) is 22.7 Å². The Morgan fingerprint density at radius 3 is 2.92 bits per heavy atom. The lowest BCUT2D eigenvalue weighted by molar-refractivity contribution is 0.297. The normalized spacial score (nSPS) is 11.0. The summed E-state index contributed by atoms with van der Waals surface area (Å²) in [7, 11) is 0.